The summed E-state index contributed by atoms with van der Waals surface area (Å²) >= 11 is 0. The highest BCUT2D eigenvalue weighted by molar-refractivity contribution is 5.76. The van der Waals surface area contributed by atoms with E-state index >= 15 is 0 Å². The van der Waals surface area contributed by atoms with Gasteiger partial charge in [0.05, 0.1) is 6.04 Å². The summed E-state index contributed by atoms with van der Waals surface area (Å²) in [5, 5.41) is 3.21. The second kappa shape index (κ2) is 9.29. The molecular formula is C24H32N4O. The Morgan fingerprint density at radius 3 is 2.55 bits per heavy atom. The number of pyridine rings is 1. The van der Waals surface area contributed by atoms with Crippen LogP contribution in [0, 0.1) is 5.92 Å². The molecule has 2 aliphatic rings. The molecule has 1 atom stereocenters. The molecule has 1 aliphatic heterocycles. The van der Waals surface area contributed by atoms with Crippen molar-refractivity contribution in [3.63, 3.8) is 0 Å². The van der Waals surface area contributed by atoms with Gasteiger partial charge in [-0.2, -0.15) is 0 Å². The fourth-order valence-corrected chi connectivity index (χ4v) is 4.59. The van der Waals surface area contributed by atoms with Crippen LogP contribution in [0.1, 0.15) is 50.6 Å². The van der Waals surface area contributed by atoms with E-state index in [0.717, 1.165) is 32.0 Å². The maximum atomic E-state index is 12.4. The summed E-state index contributed by atoms with van der Waals surface area (Å²) in [5.41, 5.74) is 2.41. The first kappa shape index (κ1) is 19.7. The smallest absolute Gasteiger partial charge is 0.220 e. The lowest BCUT2D eigenvalue weighted by Gasteiger charge is -2.37. The molecule has 1 amide bonds. The topological polar surface area (TPSA) is 48.5 Å². The molecule has 5 nitrogen and oxygen atoms in total. The standard InChI is InChI=1S/C24H32N4O/c1-19(26-24(29)17-20-7-2-3-8-20)21-9-6-10-22(18-21)27-13-15-28(16-14-27)23-11-4-5-12-25-23/h4-6,9-12,18-20H,2-3,7-8,13-17H2,1H3,(H,26,29). The Kier molecular flexibility index (Phi) is 6.33. The number of piperazine rings is 1. The van der Waals surface area contributed by atoms with Gasteiger partial charge in [-0.05, 0) is 55.5 Å². The Bertz CT molecular complexity index is 796. The molecule has 4 rings (SSSR count). The van der Waals surface area contributed by atoms with E-state index in [4.69, 9.17) is 0 Å². The number of hydrogen-bond donors (Lipinski definition) is 1. The Morgan fingerprint density at radius 2 is 1.83 bits per heavy atom. The molecule has 1 aliphatic carbocycles. The monoisotopic (exact) mass is 392 g/mol. The molecule has 1 N–H and O–H groups in total. The maximum absolute atomic E-state index is 12.4. The second-order valence-electron chi connectivity index (χ2n) is 8.40. The predicted molar refractivity (Wildman–Crippen MR) is 118 cm³/mol. The van der Waals surface area contributed by atoms with Gasteiger partial charge in [0, 0.05) is 44.5 Å². The van der Waals surface area contributed by atoms with E-state index in [0.29, 0.717) is 12.3 Å². The van der Waals surface area contributed by atoms with Crippen molar-refractivity contribution in [2.24, 2.45) is 5.92 Å². The Morgan fingerprint density at radius 1 is 1.07 bits per heavy atom. The summed E-state index contributed by atoms with van der Waals surface area (Å²) in [7, 11) is 0. The second-order valence-corrected chi connectivity index (χ2v) is 8.40. The average molecular weight is 393 g/mol. The highest BCUT2D eigenvalue weighted by atomic mass is 16.1. The molecule has 29 heavy (non-hydrogen) atoms. The van der Waals surface area contributed by atoms with Crippen LogP contribution in [0.15, 0.2) is 48.7 Å². The minimum Gasteiger partial charge on any atom is -0.368 e. The molecule has 2 aromatic rings. The Hall–Kier alpha value is -2.56. The summed E-state index contributed by atoms with van der Waals surface area (Å²) < 4.78 is 0. The van der Waals surface area contributed by atoms with Gasteiger partial charge in [0.15, 0.2) is 0 Å². The minimum atomic E-state index is 0.0404. The lowest BCUT2D eigenvalue weighted by Crippen LogP contribution is -2.46. The van der Waals surface area contributed by atoms with Crippen LogP contribution >= 0.6 is 0 Å². The van der Waals surface area contributed by atoms with Crippen LogP contribution in [0.2, 0.25) is 0 Å². The van der Waals surface area contributed by atoms with E-state index in [1.807, 2.05) is 18.3 Å². The summed E-state index contributed by atoms with van der Waals surface area (Å²) in [6.07, 6.45) is 7.52. The van der Waals surface area contributed by atoms with Crippen molar-refractivity contribution >= 4 is 17.4 Å². The predicted octanol–water partition coefficient (Wildman–Crippen LogP) is 4.17. The molecule has 5 heteroatoms. The number of amides is 1. The molecule has 0 radical (unpaired) electrons. The minimum absolute atomic E-state index is 0.0404. The SMILES string of the molecule is CC(NC(=O)CC1CCCC1)c1cccc(N2CCN(c3ccccn3)CC2)c1. The summed E-state index contributed by atoms with van der Waals surface area (Å²) in [5.74, 6) is 1.84. The van der Waals surface area contributed by atoms with Crippen LogP contribution < -0.4 is 15.1 Å². The van der Waals surface area contributed by atoms with Gasteiger partial charge < -0.3 is 15.1 Å². The molecule has 0 spiro atoms. The van der Waals surface area contributed by atoms with Crippen LogP contribution in [0.3, 0.4) is 0 Å². The van der Waals surface area contributed by atoms with Crippen molar-refractivity contribution in [3.05, 3.63) is 54.2 Å². The first-order valence-corrected chi connectivity index (χ1v) is 11.0. The largest absolute Gasteiger partial charge is 0.368 e. The van der Waals surface area contributed by atoms with Crippen LogP contribution in [-0.4, -0.2) is 37.1 Å². The normalized spacial score (nSPS) is 18.7. The molecule has 1 aromatic heterocycles. The summed E-state index contributed by atoms with van der Waals surface area (Å²) in [6.45, 7) is 5.97. The van der Waals surface area contributed by atoms with Crippen LogP contribution in [0.25, 0.3) is 0 Å². The van der Waals surface area contributed by atoms with Gasteiger partial charge in [0.1, 0.15) is 5.82 Å². The number of hydrogen-bond acceptors (Lipinski definition) is 4. The van der Waals surface area contributed by atoms with Gasteiger partial charge in [0.2, 0.25) is 5.91 Å². The fourth-order valence-electron chi connectivity index (χ4n) is 4.59. The fraction of sp³-hybridized carbons (Fsp3) is 0.500. The lowest BCUT2D eigenvalue weighted by molar-refractivity contribution is -0.122. The number of aromatic nitrogens is 1. The van der Waals surface area contributed by atoms with Crippen molar-refractivity contribution in [2.75, 3.05) is 36.0 Å². The van der Waals surface area contributed by atoms with Crippen molar-refractivity contribution in [1.82, 2.24) is 10.3 Å². The van der Waals surface area contributed by atoms with Gasteiger partial charge in [-0.1, -0.05) is 31.0 Å². The van der Waals surface area contributed by atoms with Crippen LogP contribution in [0.5, 0.6) is 0 Å². The number of benzene rings is 1. The van der Waals surface area contributed by atoms with E-state index in [1.54, 1.807) is 0 Å². The van der Waals surface area contributed by atoms with Gasteiger partial charge >= 0.3 is 0 Å². The first-order valence-electron chi connectivity index (χ1n) is 11.0. The molecule has 2 fully saturated rings. The summed E-state index contributed by atoms with van der Waals surface area (Å²) in [6, 6.07) is 14.7. The quantitative estimate of drug-likeness (QED) is 0.802. The van der Waals surface area contributed by atoms with Crippen LogP contribution in [-0.2, 0) is 4.79 Å². The first-order chi connectivity index (χ1) is 14.2. The maximum Gasteiger partial charge on any atom is 0.220 e. The molecule has 1 unspecified atom stereocenters. The van der Waals surface area contributed by atoms with Gasteiger partial charge in [-0.15, -0.1) is 0 Å². The Labute approximate surface area is 174 Å². The number of rotatable bonds is 6. The van der Waals surface area contributed by atoms with Crippen molar-refractivity contribution in [3.8, 4) is 0 Å². The van der Waals surface area contributed by atoms with E-state index in [9.17, 15) is 4.79 Å². The average Bonchev–Trinajstić information content (AvgIpc) is 3.27. The van der Waals surface area contributed by atoms with Crippen molar-refractivity contribution < 1.29 is 4.79 Å². The number of carbonyl (C=O) groups is 1. The Balaban J connectivity index is 1.33. The van der Waals surface area contributed by atoms with Gasteiger partial charge in [0.25, 0.3) is 0 Å². The third kappa shape index (κ3) is 5.08. The number of carbonyl (C=O) groups excluding carboxylic acids is 1. The molecule has 0 bridgehead atoms. The molecule has 1 saturated heterocycles. The van der Waals surface area contributed by atoms with Gasteiger partial charge in [-0.25, -0.2) is 4.98 Å². The van der Waals surface area contributed by atoms with E-state index in [1.165, 1.54) is 36.9 Å². The highest BCUT2D eigenvalue weighted by Gasteiger charge is 2.21. The molecule has 154 valence electrons. The van der Waals surface area contributed by atoms with Gasteiger partial charge in [-0.3, -0.25) is 4.79 Å². The molecule has 1 saturated carbocycles. The van der Waals surface area contributed by atoms with E-state index in [-0.39, 0.29) is 11.9 Å². The molecular weight excluding hydrogens is 360 g/mol. The highest BCUT2D eigenvalue weighted by Crippen LogP contribution is 2.28. The number of anilines is 2. The molecule has 2 heterocycles. The van der Waals surface area contributed by atoms with E-state index < -0.39 is 0 Å². The van der Waals surface area contributed by atoms with Crippen LogP contribution in [0.4, 0.5) is 11.5 Å². The zero-order valence-electron chi connectivity index (χ0n) is 17.4. The third-order valence-corrected chi connectivity index (χ3v) is 6.31. The number of nitrogens with zero attached hydrogens (tertiary/aromatic N) is 3. The lowest BCUT2D eigenvalue weighted by atomic mass is 10.0. The molecule has 1 aromatic carbocycles. The number of nitrogens with one attached hydrogen (secondary N) is 1. The van der Waals surface area contributed by atoms with Crippen molar-refractivity contribution in [2.45, 2.75) is 45.1 Å². The zero-order valence-corrected chi connectivity index (χ0v) is 17.4. The van der Waals surface area contributed by atoms with E-state index in [2.05, 4.69) is 57.4 Å². The summed E-state index contributed by atoms with van der Waals surface area (Å²) in [4.78, 5) is 21.6. The van der Waals surface area contributed by atoms with Crippen molar-refractivity contribution in [1.29, 1.82) is 0 Å². The zero-order chi connectivity index (χ0) is 20.1. The third-order valence-electron chi connectivity index (χ3n) is 6.31.